The number of pyridine rings is 1. The van der Waals surface area contributed by atoms with Crippen LogP contribution in [0.5, 0.6) is 0 Å². The maximum Gasteiger partial charge on any atom is 0.405 e. The number of alkyl halides is 3. The summed E-state index contributed by atoms with van der Waals surface area (Å²) in [6.07, 6.45) is 0.483. The fourth-order valence-corrected chi connectivity index (χ4v) is 4.06. The quantitative estimate of drug-likeness (QED) is 0.574. The number of hydrogen-bond donors (Lipinski definition) is 2. The summed E-state index contributed by atoms with van der Waals surface area (Å²) < 4.78 is 43.0. The number of carbonyl (C=O) groups excluding carboxylic acids is 2. The number of oxazole rings is 1. The van der Waals surface area contributed by atoms with Crippen molar-refractivity contribution in [3.05, 3.63) is 42.4 Å². The second-order valence-electron chi connectivity index (χ2n) is 8.06. The molecule has 182 valence electrons. The van der Waals surface area contributed by atoms with Crippen LogP contribution in [-0.4, -0.2) is 63.7 Å². The van der Waals surface area contributed by atoms with Crippen LogP contribution in [0.3, 0.4) is 0 Å². The Morgan fingerprint density at radius 3 is 2.80 bits per heavy atom. The predicted octanol–water partition coefficient (Wildman–Crippen LogP) is 2.76. The molecule has 0 saturated carbocycles. The van der Waals surface area contributed by atoms with E-state index in [9.17, 15) is 22.8 Å². The van der Waals surface area contributed by atoms with Gasteiger partial charge in [-0.1, -0.05) is 0 Å². The van der Waals surface area contributed by atoms with Gasteiger partial charge in [0.05, 0.1) is 24.1 Å². The van der Waals surface area contributed by atoms with Gasteiger partial charge in [0.1, 0.15) is 12.4 Å². The monoisotopic (exact) mass is 488 g/mol. The lowest BCUT2D eigenvalue weighted by Crippen LogP contribution is -2.48. The van der Waals surface area contributed by atoms with E-state index >= 15 is 0 Å². The zero-order chi connectivity index (χ0) is 24.7. The van der Waals surface area contributed by atoms with Crippen molar-refractivity contribution in [3.63, 3.8) is 0 Å². The number of aromatic nitrogens is 4. The predicted molar refractivity (Wildman–Crippen MR) is 117 cm³/mol. The summed E-state index contributed by atoms with van der Waals surface area (Å²) in [5.41, 5.74) is 1.17. The number of amides is 3. The summed E-state index contributed by atoms with van der Waals surface area (Å²) in [7, 11) is 0. The summed E-state index contributed by atoms with van der Waals surface area (Å²) >= 11 is 0. The van der Waals surface area contributed by atoms with Gasteiger partial charge >= 0.3 is 12.2 Å². The first-order chi connectivity index (χ1) is 16.7. The molecule has 11 nitrogen and oxygen atoms in total. The molecule has 0 spiro atoms. The number of fused-ring (bicyclic) bond motifs is 4. The van der Waals surface area contributed by atoms with Crippen molar-refractivity contribution in [1.29, 1.82) is 0 Å². The minimum Gasteiger partial charge on any atom is -0.441 e. The van der Waals surface area contributed by atoms with Crippen LogP contribution in [-0.2, 0) is 0 Å². The molecule has 3 amide bonds. The van der Waals surface area contributed by atoms with E-state index < -0.39 is 30.5 Å². The molecule has 2 aliphatic rings. The Hall–Kier alpha value is -4.23. The molecule has 1 unspecified atom stereocenters. The van der Waals surface area contributed by atoms with Crippen molar-refractivity contribution in [1.82, 2.24) is 25.3 Å². The van der Waals surface area contributed by atoms with E-state index in [2.05, 4.69) is 25.3 Å². The van der Waals surface area contributed by atoms with Gasteiger partial charge in [-0.05, 0) is 18.6 Å². The van der Waals surface area contributed by atoms with E-state index in [1.54, 1.807) is 30.6 Å². The molecule has 5 rings (SSSR count). The Kier molecular flexibility index (Phi) is 5.49. The van der Waals surface area contributed by atoms with E-state index in [1.165, 1.54) is 17.3 Å². The highest BCUT2D eigenvalue weighted by Crippen LogP contribution is 2.38. The number of nitrogens with zero attached hydrogens (tertiary/aromatic N) is 6. The molecule has 0 radical (unpaired) electrons. The fourth-order valence-electron chi connectivity index (χ4n) is 4.06. The van der Waals surface area contributed by atoms with E-state index in [0.29, 0.717) is 42.4 Å². The summed E-state index contributed by atoms with van der Waals surface area (Å²) in [5, 5.41) is 4.48. The smallest absolute Gasteiger partial charge is 0.405 e. The average Bonchev–Trinajstić information content (AvgIpc) is 3.44. The Morgan fingerprint density at radius 2 is 2.06 bits per heavy atom. The molecule has 2 N–H and O–H groups in total. The lowest BCUT2D eigenvalue weighted by molar-refractivity contribution is -0.123. The van der Waals surface area contributed by atoms with E-state index in [4.69, 9.17) is 4.42 Å². The second kappa shape index (κ2) is 8.52. The first-order valence-electron chi connectivity index (χ1n) is 10.6. The third-order valence-electron chi connectivity index (χ3n) is 5.62. The van der Waals surface area contributed by atoms with Gasteiger partial charge in [0.2, 0.25) is 5.82 Å². The number of hydrogen-bond acceptors (Lipinski definition) is 8. The van der Waals surface area contributed by atoms with Crippen LogP contribution in [0.1, 0.15) is 22.9 Å². The summed E-state index contributed by atoms with van der Waals surface area (Å²) in [4.78, 5) is 45.2. The Labute approximate surface area is 196 Å². The SMILES string of the molecule is Cc1ncc(-c2ccnc(NC(=O)N3c4nc(C(=O)NCC(F)(F)F)ncc4N4CCC3C4)c2)o1. The highest BCUT2D eigenvalue weighted by atomic mass is 19.4. The number of carbonyl (C=O) groups is 2. The molecule has 5 heterocycles. The molecular weight excluding hydrogens is 469 g/mol. The van der Waals surface area contributed by atoms with Crippen molar-refractivity contribution in [3.8, 4) is 11.3 Å². The van der Waals surface area contributed by atoms with Gasteiger partial charge in [-0.25, -0.2) is 24.7 Å². The molecule has 3 aromatic heterocycles. The standard InChI is InChI=1S/C21H19F3N8O3/c1-11-26-8-15(35-11)12-2-4-25-16(6-12)29-20(34)32-13-3-5-31(9-13)14-7-27-17(30-18(14)32)19(33)28-10-21(22,23)24/h2,4,6-8,13H,3,5,9-10H2,1H3,(H,28,33)(H,25,29,34). The Morgan fingerprint density at radius 1 is 1.23 bits per heavy atom. The molecule has 3 aromatic rings. The Balaban J connectivity index is 1.41. The number of anilines is 3. The van der Waals surface area contributed by atoms with Crippen LogP contribution < -0.4 is 20.4 Å². The highest BCUT2D eigenvalue weighted by molar-refractivity contribution is 6.04. The number of rotatable bonds is 4. The number of halogens is 3. The second-order valence-corrected chi connectivity index (χ2v) is 8.06. The maximum atomic E-state index is 13.3. The lowest BCUT2D eigenvalue weighted by Gasteiger charge is -2.35. The molecule has 0 aromatic carbocycles. The van der Waals surface area contributed by atoms with Crippen LogP contribution in [0.15, 0.2) is 35.1 Å². The van der Waals surface area contributed by atoms with Crippen molar-refractivity contribution < 1.29 is 27.2 Å². The molecule has 0 aliphatic carbocycles. The van der Waals surface area contributed by atoms with Crippen LogP contribution in [0.25, 0.3) is 11.3 Å². The molecule has 2 aliphatic heterocycles. The average molecular weight is 488 g/mol. The number of aryl methyl sites for hydroxylation is 1. The van der Waals surface area contributed by atoms with Gasteiger partial charge in [0.25, 0.3) is 5.91 Å². The maximum absolute atomic E-state index is 13.3. The first-order valence-corrected chi connectivity index (χ1v) is 10.6. The molecule has 1 fully saturated rings. The summed E-state index contributed by atoms with van der Waals surface area (Å²) in [6, 6.07) is 2.54. The number of nitrogens with one attached hydrogen (secondary N) is 2. The van der Waals surface area contributed by atoms with Gasteiger partial charge in [-0.3, -0.25) is 15.0 Å². The summed E-state index contributed by atoms with van der Waals surface area (Å²) in [5.74, 6) is -0.152. The van der Waals surface area contributed by atoms with Crippen LogP contribution >= 0.6 is 0 Å². The highest BCUT2D eigenvalue weighted by Gasteiger charge is 2.41. The normalized spacial score (nSPS) is 16.7. The third-order valence-corrected chi connectivity index (χ3v) is 5.62. The van der Waals surface area contributed by atoms with Crippen molar-refractivity contribution >= 4 is 29.3 Å². The van der Waals surface area contributed by atoms with Crippen molar-refractivity contribution in [2.45, 2.75) is 25.6 Å². The minimum absolute atomic E-state index is 0.144. The zero-order valence-electron chi connectivity index (χ0n) is 18.3. The largest absolute Gasteiger partial charge is 0.441 e. The van der Waals surface area contributed by atoms with Crippen molar-refractivity contribution in [2.24, 2.45) is 0 Å². The van der Waals surface area contributed by atoms with Gasteiger partial charge in [0, 0.05) is 31.8 Å². The van der Waals surface area contributed by atoms with Crippen LogP contribution in [0.4, 0.5) is 35.3 Å². The molecule has 14 heteroatoms. The van der Waals surface area contributed by atoms with Gasteiger partial charge in [-0.15, -0.1) is 0 Å². The van der Waals surface area contributed by atoms with Gasteiger partial charge < -0.3 is 14.6 Å². The molecule has 35 heavy (non-hydrogen) atoms. The molecular formula is C21H19F3N8O3. The Bertz CT molecular complexity index is 1290. The number of urea groups is 1. The molecule has 1 saturated heterocycles. The summed E-state index contributed by atoms with van der Waals surface area (Å²) in [6.45, 7) is 1.38. The van der Waals surface area contributed by atoms with Gasteiger partial charge in [0.15, 0.2) is 17.5 Å². The zero-order valence-corrected chi connectivity index (χ0v) is 18.3. The van der Waals surface area contributed by atoms with Crippen LogP contribution in [0, 0.1) is 6.92 Å². The van der Waals surface area contributed by atoms with E-state index in [1.807, 2.05) is 4.90 Å². The fraction of sp³-hybridized carbons (Fsp3) is 0.333. The third kappa shape index (κ3) is 4.58. The van der Waals surface area contributed by atoms with Gasteiger partial charge in [-0.2, -0.15) is 13.2 Å². The first kappa shape index (κ1) is 22.6. The van der Waals surface area contributed by atoms with Crippen LogP contribution in [0.2, 0.25) is 0 Å². The molecule has 2 bridgehead atoms. The van der Waals surface area contributed by atoms with E-state index in [0.717, 1.165) is 0 Å². The van der Waals surface area contributed by atoms with Crippen molar-refractivity contribution in [2.75, 3.05) is 34.8 Å². The molecule has 1 atom stereocenters. The van der Waals surface area contributed by atoms with E-state index in [-0.39, 0.29) is 17.7 Å². The minimum atomic E-state index is -4.58. The lowest BCUT2D eigenvalue weighted by atomic mass is 10.2. The topological polar surface area (TPSA) is 129 Å².